The first-order chi connectivity index (χ1) is 9.56. The molecule has 1 aliphatic rings. The van der Waals surface area contributed by atoms with E-state index in [1.807, 2.05) is 0 Å². The van der Waals surface area contributed by atoms with Gasteiger partial charge < -0.3 is 15.4 Å². The molecule has 0 bridgehead atoms. The van der Waals surface area contributed by atoms with Crippen molar-refractivity contribution in [2.75, 3.05) is 19.7 Å². The summed E-state index contributed by atoms with van der Waals surface area (Å²) in [4.78, 5) is 22.6. The van der Waals surface area contributed by atoms with Crippen LogP contribution >= 0.6 is 11.6 Å². The molecule has 2 N–H and O–H groups in total. The lowest BCUT2D eigenvalue weighted by Gasteiger charge is -2.17. The Bertz CT molecular complexity index is 570. The predicted molar refractivity (Wildman–Crippen MR) is 76.6 cm³/mol. The van der Waals surface area contributed by atoms with Crippen molar-refractivity contribution in [1.29, 1.82) is 0 Å². The van der Waals surface area contributed by atoms with Gasteiger partial charge in [0.15, 0.2) is 0 Å². The normalized spacial score (nSPS) is 12.8. The maximum absolute atomic E-state index is 11.9. The van der Waals surface area contributed by atoms with Gasteiger partial charge in [-0.05, 0) is 24.3 Å². The van der Waals surface area contributed by atoms with Crippen molar-refractivity contribution >= 4 is 29.5 Å². The highest BCUT2D eigenvalue weighted by Crippen LogP contribution is 2.28. The Morgan fingerprint density at radius 3 is 2.80 bits per heavy atom. The number of carbonyl (C=O) groups is 2. The number of hydrogen-bond acceptors (Lipinski definition) is 3. The highest BCUT2D eigenvalue weighted by molar-refractivity contribution is 6.30. The van der Waals surface area contributed by atoms with Crippen LogP contribution in [-0.4, -0.2) is 31.5 Å². The van der Waals surface area contributed by atoms with Crippen molar-refractivity contribution in [2.45, 2.75) is 6.92 Å². The summed E-state index contributed by atoms with van der Waals surface area (Å²) >= 11 is 5.91. The molecule has 2 amide bonds. The Morgan fingerprint density at radius 1 is 1.30 bits per heavy atom. The van der Waals surface area contributed by atoms with Crippen LogP contribution in [0, 0.1) is 0 Å². The highest BCUT2D eigenvalue weighted by atomic mass is 35.5. The molecule has 1 aromatic rings. The molecule has 0 radical (unpaired) electrons. The maximum atomic E-state index is 11.9. The molecule has 1 aromatic carbocycles. The number of nitrogens with one attached hydrogen (secondary N) is 2. The summed E-state index contributed by atoms with van der Waals surface area (Å²) < 4.78 is 5.50. The summed E-state index contributed by atoms with van der Waals surface area (Å²) in [6.45, 7) is 2.43. The topological polar surface area (TPSA) is 67.4 Å². The average Bonchev–Trinajstić information content (AvgIpc) is 2.42. The zero-order valence-corrected chi connectivity index (χ0v) is 11.8. The van der Waals surface area contributed by atoms with Crippen LogP contribution in [0.4, 0.5) is 0 Å². The molecule has 0 saturated carbocycles. The second-order valence-corrected chi connectivity index (χ2v) is 4.82. The summed E-state index contributed by atoms with van der Waals surface area (Å²) in [5, 5.41) is 5.92. The number of benzene rings is 1. The molecule has 20 heavy (non-hydrogen) atoms. The Hall–Kier alpha value is -2.01. The van der Waals surface area contributed by atoms with E-state index in [4.69, 9.17) is 16.3 Å². The first kappa shape index (κ1) is 14.4. The molecule has 0 spiro atoms. The molecule has 5 nitrogen and oxygen atoms in total. The fourth-order valence-electron chi connectivity index (χ4n) is 1.81. The minimum Gasteiger partial charge on any atom is -0.488 e. The number of fused-ring (bicyclic) bond motifs is 1. The first-order valence-corrected chi connectivity index (χ1v) is 6.59. The van der Waals surface area contributed by atoms with Crippen molar-refractivity contribution in [3.05, 3.63) is 34.4 Å². The molecule has 1 aliphatic heterocycles. The van der Waals surface area contributed by atoms with Gasteiger partial charge in [-0.3, -0.25) is 9.59 Å². The molecule has 0 fully saturated rings. The van der Waals surface area contributed by atoms with Gasteiger partial charge in [0, 0.05) is 30.6 Å². The molecule has 1 heterocycles. The second-order valence-electron chi connectivity index (χ2n) is 4.38. The Labute approximate surface area is 121 Å². The van der Waals surface area contributed by atoms with Gasteiger partial charge in [0.25, 0.3) is 5.91 Å². The number of amides is 2. The van der Waals surface area contributed by atoms with Crippen LogP contribution < -0.4 is 15.4 Å². The zero-order chi connectivity index (χ0) is 14.5. The lowest BCUT2D eigenvalue weighted by Crippen LogP contribution is -2.35. The molecule has 0 aromatic heterocycles. The van der Waals surface area contributed by atoms with E-state index in [0.29, 0.717) is 29.4 Å². The van der Waals surface area contributed by atoms with Gasteiger partial charge in [0.05, 0.1) is 5.57 Å². The Morgan fingerprint density at radius 2 is 2.05 bits per heavy atom. The van der Waals surface area contributed by atoms with Crippen molar-refractivity contribution in [1.82, 2.24) is 10.6 Å². The molecular formula is C14H15ClN2O3. The van der Waals surface area contributed by atoms with Gasteiger partial charge in [-0.25, -0.2) is 0 Å². The average molecular weight is 295 g/mol. The SMILES string of the molecule is CC(=O)NCCNC(=O)C1=Cc2cc(Cl)ccc2OC1. The lowest BCUT2D eigenvalue weighted by molar-refractivity contribution is -0.120. The molecule has 6 heteroatoms. The summed E-state index contributed by atoms with van der Waals surface area (Å²) in [6.07, 6.45) is 1.76. The number of halogens is 1. The van der Waals surface area contributed by atoms with E-state index in [9.17, 15) is 9.59 Å². The summed E-state index contributed by atoms with van der Waals surface area (Å²) in [7, 11) is 0. The minimum atomic E-state index is -0.207. The van der Waals surface area contributed by atoms with Crippen molar-refractivity contribution < 1.29 is 14.3 Å². The van der Waals surface area contributed by atoms with Crippen LogP contribution in [-0.2, 0) is 9.59 Å². The molecule has 0 saturated heterocycles. The third-order valence-corrected chi connectivity index (χ3v) is 3.00. The predicted octanol–water partition coefficient (Wildman–Crippen LogP) is 1.37. The minimum absolute atomic E-state index is 0.122. The highest BCUT2D eigenvalue weighted by Gasteiger charge is 2.17. The number of ether oxygens (including phenoxy) is 1. The van der Waals surface area contributed by atoms with E-state index in [-0.39, 0.29) is 18.4 Å². The van der Waals surface area contributed by atoms with E-state index in [1.165, 1.54) is 6.92 Å². The maximum Gasteiger partial charge on any atom is 0.250 e. The fourth-order valence-corrected chi connectivity index (χ4v) is 1.99. The van der Waals surface area contributed by atoms with Crippen LogP contribution in [0.2, 0.25) is 5.02 Å². The van der Waals surface area contributed by atoms with Crippen LogP contribution in [0.3, 0.4) is 0 Å². The molecule has 106 valence electrons. The van der Waals surface area contributed by atoms with Gasteiger partial charge in [-0.1, -0.05) is 11.6 Å². The Kier molecular flexibility index (Phi) is 4.63. The van der Waals surface area contributed by atoms with E-state index < -0.39 is 0 Å². The van der Waals surface area contributed by atoms with Crippen LogP contribution in [0.1, 0.15) is 12.5 Å². The summed E-state index contributed by atoms with van der Waals surface area (Å²) in [5.74, 6) is 0.383. The van der Waals surface area contributed by atoms with Crippen molar-refractivity contribution in [2.24, 2.45) is 0 Å². The molecule has 0 atom stereocenters. The first-order valence-electron chi connectivity index (χ1n) is 6.22. The van der Waals surface area contributed by atoms with Crippen LogP contribution in [0.15, 0.2) is 23.8 Å². The monoisotopic (exact) mass is 294 g/mol. The molecule has 0 aliphatic carbocycles. The van der Waals surface area contributed by atoms with E-state index in [2.05, 4.69) is 10.6 Å². The third-order valence-electron chi connectivity index (χ3n) is 2.76. The van der Waals surface area contributed by atoms with E-state index in [1.54, 1.807) is 24.3 Å². The molecular weight excluding hydrogens is 280 g/mol. The largest absolute Gasteiger partial charge is 0.488 e. The van der Waals surface area contributed by atoms with Gasteiger partial charge in [0.2, 0.25) is 5.91 Å². The number of carbonyl (C=O) groups excluding carboxylic acids is 2. The van der Waals surface area contributed by atoms with Crippen molar-refractivity contribution in [3.63, 3.8) is 0 Å². The quantitative estimate of drug-likeness (QED) is 0.824. The van der Waals surface area contributed by atoms with Gasteiger partial charge in [-0.2, -0.15) is 0 Å². The van der Waals surface area contributed by atoms with Gasteiger partial charge >= 0.3 is 0 Å². The number of rotatable bonds is 4. The lowest BCUT2D eigenvalue weighted by atomic mass is 10.1. The van der Waals surface area contributed by atoms with E-state index >= 15 is 0 Å². The smallest absolute Gasteiger partial charge is 0.250 e. The van der Waals surface area contributed by atoms with E-state index in [0.717, 1.165) is 5.56 Å². The van der Waals surface area contributed by atoms with Crippen LogP contribution in [0.25, 0.3) is 6.08 Å². The zero-order valence-electron chi connectivity index (χ0n) is 11.0. The summed E-state index contributed by atoms with van der Waals surface area (Å²) in [5.41, 5.74) is 1.32. The summed E-state index contributed by atoms with van der Waals surface area (Å²) in [6, 6.07) is 5.27. The standard InChI is InChI=1S/C14H15ClN2O3/c1-9(18)16-4-5-17-14(19)11-6-10-7-12(15)2-3-13(10)20-8-11/h2-3,6-7H,4-5,8H2,1H3,(H,16,18)(H,17,19). The van der Waals surface area contributed by atoms with Crippen molar-refractivity contribution in [3.8, 4) is 5.75 Å². The second kappa shape index (κ2) is 6.43. The third kappa shape index (κ3) is 3.74. The van der Waals surface area contributed by atoms with Gasteiger partial charge in [0.1, 0.15) is 12.4 Å². The fraction of sp³-hybridized carbons (Fsp3) is 0.286. The van der Waals surface area contributed by atoms with Gasteiger partial charge in [-0.15, -0.1) is 0 Å². The molecule has 2 rings (SSSR count). The Balaban J connectivity index is 1.96. The molecule has 0 unspecified atom stereocenters. The van der Waals surface area contributed by atoms with Crippen LogP contribution in [0.5, 0.6) is 5.75 Å². The number of hydrogen-bond donors (Lipinski definition) is 2.